The first-order chi connectivity index (χ1) is 5.55. The predicted octanol–water partition coefficient (Wildman–Crippen LogP) is 2.80. The van der Waals surface area contributed by atoms with Crippen molar-refractivity contribution in [3.05, 3.63) is 0 Å². The van der Waals surface area contributed by atoms with Crippen molar-refractivity contribution in [1.82, 2.24) is 0 Å². The summed E-state index contributed by atoms with van der Waals surface area (Å²) in [7, 11) is 0. The van der Waals surface area contributed by atoms with Crippen molar-refractivity contribution in [1.29, 1.82) is 0 Å². The van der Waals surface area contributed by atoms with Crippen molar-refractivity contribution >= 4 is 0 Å². The SMILES string of the molecule is CC(C)(C)[C@H]1CCCC[C@@H]1CN. The Labute approximate surface area is 76.7 Å². The minimum atomic E-state index is 0.463. The van der Waals surface area contributed by atoms with Crippen LogP contribution in [0.3, 0.4) is 0 Å². The zero-order valence-corrected chi connectivity index (χ0v) is 8.77. The third-order valence-corrected chi connectivity index (χ3v) is 3.32. The fourth-order valence-electron chi connectivity index (χ4n) is 2.63. The van der Waals surface area contributed by atoms with Crippen molar-refractivity contribution in [2.45, 2.75) is 46.5 Å². The highest BCUT2D eigenvalue weighted by Gasteiger charge is 2.32. The topological polar surface area (TPSA) is 26.0 Å². The van der Waals surface area contributed by atoms with Crippen LogP contribution in [0.25, 0.3) is 0 Å². The first kappa shape index (κ1) is 10.0. The van der Waals surface area contributed by atoms with Crippen molar-refractivity contribution in [3.63, 3.8) is 0 Å². The summed E-state index contributed by atoms with van der Waals surface area (Å²) in [6, 6.07) is 0. The van der Waals surface area contributed by atoms with Gasteiger partial charge >= 0.3 is 0 Å². The van der Waals surface area contributed by atoms with Gasteiger partial charge in [0.05, 0.1) is 0 Å². The third-order valence-electron chi connectivity index (χ3n) is 3.32. The highest BCUT2D eigenvalue weighted by atomic mass is 14.6. The predicted molar refractivity (Wildman–Crippen MR) is 54.0 cm³/mol. The van der Waals surface area contributed by atoms with Gasteiger partial charge in [-0.1, -0.05) is 33.6 Å². The zero-order valence-electron chi connectivity index (χ0n) is 8.77. The van der Waals surface area contributed by atoms with Gasteiger partial charge in [-0.15, -0.1) is 0 Å². The number of hydrogen-bond donors (Lipinski definition) is 1. The molecular weight excluding hydrogens is 146 g/mol. The van der Waals surface area contributed by atoms with Crippen molar-refractivity contribution < 1.29 is 0 Å². The largest absolute Gasteiger partial charge is 0.330 e. The molecule has 0 spiro atoms. The Bertz CT molecular complexity index is 134. The lowest BCUT2D eigenvalue weighted by molar-refractivity contribution is 0.112. The molecule has 0 saturated heterocycles. The molecular formula is C11H23N. The zero-order chi connectivity index (χ0) is 9.19. The van der Waals surface area contributed by atoms with Crippen LogP contribution in [0, 0.1) is 17.3 Å². The van der Waals surface area contributed by atoms with E-state index in [0.717, 1.165) is 18.4 Å². The maximum absolute atomic E-state index is 5.79. The molecule has 0 aromatic rings. The summed E-state index contributed by atoms with van der Waals surface area (Å²) in [4.78, 5) is 0. The second kappa shape index (κ2) is 3.78. The smallest absolute Gasteiger partial charge is 0.00460 e. The molecule has 2 atom stereocenters. The van der Waals surface area contributed by atoms with Crippen LogP contribution in [0.5, 0.6) is 0 Å². The monoisotopic (exact) mass is 169 g/mol. The van der Waals surface area contributed by atoms with Gasteiger partial charge in [0, 0.05) is 0 Å². The Morgan fingerprint density at radius 1 is 1.17 bits per heavy atom. The van der Waals surface area contributed by atoms with Crippen LogP contribution in [0.2, 0.25) is 0 Å². The number of nitrogens with two attached hydrogens (primary N) is 1. The van der Waals surface area contributed by atoms with E-state index < -0.39 is 0 Å². The minimum absolute atomic E-state index is 0.463. The molecule has 1 heteroatoms. The summed E-state index contributed by atoms with van der Waals surface area (Å²) in [6.07, 6.45) is 5.57. The molecule has 0 aliphatic heterocycles. The molecule has 1 aliphatic carbocycles. The molecule has 0 heterocycles. The minimum Gasteiger partial charge on any atom is -0.330 e. The summed E-state index contributed by atoms with van der Waals surface area (Å²) in [5.74, 6) is 1.65. The van der Waals surface area contributed by atoms with Crippen LogP contribution in [0.4, 0.5) is 0 Å². The fourth-order valence-corrected chi connectivity index (χ4v) is 2.63. The molecule has 72 valence electrons. The molecule has 0 aromatic heterocycles. The lowest BCUT2D eigenvalue weighted by atomic mass is 9.66. The second-order valence-electron chi connectivity index (χ2n) is 5.25. The van der Waals surface area contributed by atoms with E-state index in [0.29, 0.717) is 5.41 Å². The molecule has 1 saturated carbocycles. The number of hydrogen-bond acceptors (Lipinski definition) is 1. The van der Waals surface area contributed by atoms with Gasteiger partial charge < -0.3 is 5.73 Å². The van der Waals surface area contributed by atoms with Crippen molar-refractivity contribution in [2.24, 2.45) is 23.0 Å². The van der Waals surface area contributed by atoms with Crippen LogP contribution in [-0.4, -0.2) is 6.54 Å². The first-order valence-corrected chi connectivity index (χ1v) is 5.26. The molecule has 2 N–H and O–H groups in total. The fraction of sp³-hybridized carbons (Fsp3) is 1.00. The van der Waals surface area contributed by atoms with Crippen LogP contribution < -0.4 is 5.73 Å². The van der Waals surface area contributed by atoms with E-state index in [4.69, 9.17) is 5.73 Å². The molecule has 12 heavy (non-hydrogen) atoms. The molecule has 0 aromatic carbocycles. The lowest BCUT2D eigenvalue weighted by Gasteiger charge is -2.40. The molecule has 0 unspecified atom stereocenters. The molecule has 1 fully saturated rings. The van der Waals surface area contributed by atoms with E-state index in [9.17, 15) is 0 Å². The van der Waals surface area contributed by atoms with Crippen LogP contribution in [0.15, 0.2) is 0 Å². The van der Waals surface area contributed by atoms with E-state index in [1.807, 2.05) is 0 Å². The van der Waals surface area contributed by atoms with E-state index in [-0.39, 0.29) is 0 Å². The molecule has 1 aliphatic rings. The Morgan fingerprint density at radius 3 is 2.17 bits per heavy atom. The number of rotatable bonds is 1. The van der Waals surface area contributed by atoms with E-state index in [2.05, 4.69) is 20.8 Å². The Kier molecular flexibility index (Phi) is 3.16. The Balaban J connectivity index is 2.59. The van der Waals surface area contributed by atoms with Crippen molar-refractivity contribution in [2.75, 3.05) is 6.54 Å². The highest BCUT2D eigenvalue weighted by Crippen LogP contribution is 2.41. The molecule has 0 bridgehead atoms. The van der Waals surface area contributed by atoms with E-state index >= 15 is 0 Å². The van der Waals surface area contributed by atoms with E-state index in [1.54, 1.807) is 0 Å². The maximum atomic E-state index is 5.79. The second-order valence-corrected chi connectivity index (χ2v) is 5.25. The van der Waals surface area contributed by atoms with E-state index in [1.165, 1.54) is 25.7 Å². The summed E-state index contributed by atoms with van der Waals surface area (Å²) in [5.41, 5.74) is 6.25. The van der Waals surface area contributed by atoms with Gasteiger partial charge in [0.15, 0.2) is 0 Å². The Hall–Kier alpha value is -0.0400. The third kappa shape index (κ3) is 2.22. The lowest BCUT2D eigenvalue weighted by Crippen LogP contribution is -2.35. The normalized spacial score (nSPS) is 32.0. The van der Waals surface area contributed by atoms with Gasteiger partial charge in [-0.3, -0.25) is 0 Å². The summed E-state index contributed by atoms with van der Waals surface area (Å²) in [5, 5.41) is 0. The van der Waals surface area contributed by atoms with Gasteiger partial charge in [-0.25, -0.2) is 0 Å². The van der Waals surface area contributed by atoms with Crippen LogP contribution in [-0.2, 0) is 0 Å². The molecule has 0 radical (unpaired) electrons. The van der Waals surface area contributed by atoms with Gasteiger partial charge in [0.2, 0.25) is 0 Å². The van der Waals surface area contributed by atoms with Gasteiger partial charge in [0.1, 0.15) is 0 Å². The first-order valence-electron chi connectivity index (χ1n) is 5.26. The summed E-state index contributed by atoms with van der Waals surface area (Å²) < 4.78 is 0. The average molecular weight is 169 g/mol. The highest BCUT2D eigenvalue weighted by molar-refractivity contribution is 4.84. The average Bonchev–Trinajstić information content (AvgIpc) is 2.03. The van der Waals surface area contributed by atoms with Gasteiger partial charge in [-0.05, 0) is 36.6 Å². The molecule has 1 rings (SSSR count). The quantitative estimate of drug-likeness (QED) is 0.642. The molecule has 0 amide bonds. The maximum Gasteiger partial charge on any atom is -0.00460 e. The van der Waals surface area contributed by atoms with Gasteiger partial charge in [-0.2, -0.15) is 0 Å². The summed E-state index contributed by atoms with van der Waals surface area (Å²) in [6.45, 7) is 7.95. The summed E-state index contributed by atoms with van der Waals surface area (Å²) >= 11 is 0. The van der Waals surface area contributed by atoms with Crippen molar-refractivity contribution in [3.8, 4) is 0 Å². The Morgan fingerprint density at radius 2 is 1.75 bits per heavy atom. The molecule has 1 nitrogen and oxygen atoms in total. The van der Waals surface area contributed by atoms with Crippen LogP contribution in [0.1, 0.15) is 46.5 Å². The van der Waals surface area contributed by atoms with Gasteiger partial charge in [0.25, 0.3) is 0 Å². The standard InChI is InChI=1S/C11H23N/c1-11(2,3)10-7-5-4-6-9(10)8-12/h9-10H,4-8,12H2,1-3H3/t9-,10+/m1/s1. The van der Waals surface area contributed by atoms with Crippen LogP contribution >= 0.6 is 0 Å².